The summed E-state index contributed by atoms with van der Waals surface area (Å²) in [6.07, 6.45) is 3.80. The molecular weight excluding hydrogens is 220 g/mol. The highest BCUT2D eigenvalue weighted by Crippen LogP contribution is 2.20. The number of halogens is 1. The molecule has 0 aliphatic carbocycles. The first-order valence-corrected chi connectivity index (χ1v) is 5.76. The second-order valence-corrected chi connectivity index (χ2v) is 3.75. The van der Waals surface area contributed by atoms with Gasteiger partial charge in [0, 0.05) is 5.88 Å². The largest absolute Gasteiger partial charge is 0.490 e. The zero-order valence-corrected chi connectivity index (χ0v) is 9.65. The van der Waals surface area contributed by atoms with E-state index in [0.717, 1.165) is 5.75 Å². The lowest BCUT2D eigenvalue weighted by molar-refractivity contribution is 0.363. The van der Waals surface area contributed by atoms with Gasteiger partial charge in [-0.2, -0.15) is 0 Å². The minimum atomic E-state index is 0.529. The van der Waals surface area contributed by atoms with Crippen molar-refractivity contribution < 1.29 is 4.74 Å². The average Bonchev–Trinajstić information content (AvgIpc) is 2.34. The predicted octanol–water partition coefficient (Wildman–Crippen LogP) is 4.01. The number of rotatable bonds is 4. The molecule has 0 heterocycles. The van der Waals surface area contributed by atoms with Gasteiger partial charge >= 0.3 is 0 Å². The Balaban J connectivity index is 2.10. The molecule has 0 saturated heterocycles. The van der Waals surface area contributed by atoms with Crippen LogP contribution < -0.4 is 4.74 Å². The molecule has 0 unspecified atom stereocenters. The van der Waals surface area contributed by atoms with E-state index < -0.39 is 0 Å². The number of allylic oxidation sites excluding steroid dienone is 1. The summed E-state index contributed by atoms with van der Waals surface area (Å²) in [5, 5.41) is 2.42. The van der Waals surface area contributed by atoms with E-state index in [1.54, 1.807) is 0 Å². The van der Waals surface area contributed by atoms with E-state index in [9.17, 15) is 0 Å². The Bertz CT molecular complexity index is 491. The van der Waals surface area contributed by atoms with E-state index in [4.69, 9.17) is 16.3 Å². The van der Waals surface area contributed by atoms with Crippen LogP contribution in [0.4, 0.5) is 0 Å². The summed E-state index contributed by atoms with van der Waals surface area (Å²) in [7, 11) is 0. The minimum absolute atomic E-state index is 0.529. The van der Waals surface area contributed by atoms with Crippen LogP contribution in [0.3, 0.4) is 0 Å². The number of hydrogen-bond acceptors (Lipinski definition) is 1. The molecule has 82 valence electrons. The van der Waals surface area contributed by atoms with Crippen molar-refractivity contribution in [1.82, 2.24) is 0 Å². The van der Waals surface area contributed by atoms with Gasteiger partial charge in [-0.15, -0.1) is 11.6 Å². The molecule has 0 fully saturated rings. The molecule has 0 radical (unpaired) electrons. The van der Waals surface area contributed by atoms with Crippen LogP contribution in [0.5, 0.6) is 5.75 Å². The molecule has 2 aromatic carbocycles. The Labute approximate surface area is 100 Å². The quantitative estimate of drug-likeness (QED) is 0.572. The van der Waals surface area contributed by atoms with Gasteiger partial charge < -0.3 is 4.74 Å². The fourth-order valence-electron chi connectivity index (χ4n) is 1.53. The topological polar surface area (TPSA) is 9.23 Å². The van der Waals surface area contributed by atoms with Crippen molar-refractivity contribution in [3.05, 3.63) is 54.6 Å². The van der Waals surface area contributed by atoms with Gasteiger partial charge in [-0.3, -0.25) is 0 Å². The fraction of sp³-hybridized carbons (Fsp3) is 0.143. The predicted molar refractivity (Wildman–Crippen MR) is 69.3 cm³/mol. The molecule has 0 atom stereocenters. The normalized spacial score (nSPS) is 11.1. The number of hydrogen-bond donors (Lipinski definition) is 0. The van der Waals surface area contributed by atoms with E-state index in [1.807, 2.05) is 36.4 Å². The van der Waals surface area contributed by atoms with Crippen molar-refractivity contribution in [3.63, 3.8) is 0 Å². The van der Waals surface area contributed by atoms with Gasteiger partial charge in [0.2, 0.25) is 0 Å². The zero-order chi connectivity index (χ0) is 11.2. The summed E-state index contributed by atoms with van der Waals surface area (Å²) in [4.78, 5) is 0. The Morgan fingerprint density at radius 3 is 2.62 bits per heavy atom. The van der Waals surface area contributed by atoms with Crippen LogP contribution in [0.1, 0.15) is 0 Å². The SMILES string of the molecule is ClCC=CCOc1ccc2ccccc2c1. The van der Waals surface area contributed by atoms with Crippen LogP contribution >= 0.6 is 11.6 Å². The van der Waals surface area contributed by atoms with Crippen LogP contribution in [0.15, 0.2) is 54.6 Å². The Hall–Kier alpha value is -1.47. The summed E-state index contributed by atoms with van der Waals surface area (Å²) < 4.78 is 5.57. The second-order valence-electron chi connectivity index (χ2n) is 3.45. The van der Waals surface area contributed by atoms with Crippen LogP contribution in [-0.4, -0.2) is 12.5 Å². The van der Waals surface area contributed by atoms with E-state index >= 15 is 0 Å². The fourth-order valence-corrected chi connectivity index (χ4v) is 1.66. The molecule has 0 amide bonds. The maximum atomic E-state index is 5.57. The van der Waals surface area contributed by atoms with Crippen LogP contribution in [0.25, 0.3) is 10.8 Å². The van der Waals surface area contributed by atoms with E-state index in [-0.39, 0.29) is 0 Å². The second kappa shape index (κ2) is 5.57. The Morgan fingerprint density at radius 2 is 1.81 bits per heavy atom. The molecular formula is C14H13ClO. The maximum Gasteiger partial charge on any atom is 0.120 e. The molecule has 1 nitrogen and oxygen atoms in total. The Kier molecular flexibility index (Phi) is 3.84. The van der Waals surface area contributed by atoms with Crippen molar-refractivity contribution in [1.29, 1.82) is 0 Å². The molecule has 0 spiro atoms. The molecule has 2 heteroatoms. The maximum absolute atomic E-state index is 5.57. The van der Waals surface area contributed by atoms with Crippen molar-refractivity contribution in [2.45, 2.75) is 0 Å². The highest BCUT2D eigenvalue weighted by Gasteiger charge is 1.95. The van der Waals surface area contributed by atoms with E-state index in [0.29, 0.717) is 12.5 Å². The number of benzene rings is 2. The van der Waals surface area contributed by atoms with Gasteiger partial charge in [0.1, 0.15) is 12.4 Å². The molecule has 2 aromatic rings. The molecule has 0 bridgehead atoms. The first-order valence-electron chi connectivity index (χ1n) is 5.23. The van der Waals surface area contributed by atoms with Crippen LogP contribution in [-0.2, 0) is 0 Å². The van der Waals surface area contributed by atoms with Gasteiger partial charge in [0.15, 0.2) is 0 Å². The van der Waals surface area contributed by atoms with Gasteiger partial charge in [-0.1, -0.05) is 42.5 Å². The van der Waals surface area contributed by atoms with E-state index in [2.05, 4.69) is 18.2 Å². The highest BCUT2D eigenvalue weighted by molar-refractivity contribution is 6.18. The monoisotopic (exact) mass is 232 g/mol. The summed E-state index contributed by atoms with van der Waals surface area (Å²) in [6.45, 7) is 0.561. The van der Waals surface area contributed by atoms with Crippen molar-refractivity contribution in [2.75, 3.05) is 12.5 Å². The van der Waals surface area contributed by atoms with Crippen LogP contribution in [0.2, 0.25) is 0 Å². The number of alkyl halides is 1. The summed E-state index contributed by atoms with van der Waals surface area (Å²) in [5.41, 5.74) is 0. The molecule has 0 aromatic heterocycles. The standard InChI is InChI=1S/C14H13ClO/c15-9-3-4-10-16-14-8-7-12-5-1-2-6-13(12)11-14/h1-8,11H,9-10H2. The first-order chi connectivity index (χ1) is 7.90. The van der Waals surface area contributed by atoms with Crippen molar-refractivity contribution in [3.8, 4) is 5.75 Å². The molecule has 0 aliphatic heterocycles. The van der Waals surface area contributed by atoms with Crippen LogP contribution in [0, 0.1) is 0 Å². The lowest BCUT2D eigenvalue weighted by Crippen LogP contribution is -1.93. The van der Waals surface area contributed by atoms with Gasteiger partial charge in [0.25, 0.3) is 0 Å². The zero-order valence-electron chi connectivity index (χ0n) is 8.90. The lowest BCUT2D eigenvalue weighted by atomic mass is 10.1. The van der Waals surface area contributed by atoms with Gasteiger partial charge in [0.05, 0.1) is 0 Å². The number of ether oxygens (including phenoxy) is 1. The first kappa shape index (κ1) is 11.0. The van der Waals surface area contributed by atoms with Gasteiger partial charge in [-0.05, 0) is 22.9 Å². The summed E-state index contributed by atoms with van der Waals surface area (Å²) >= 11 is 5.52. The minimum Gasteiger partial charge on any atom is -0.490 e. The molecule has 0 aliphatic rings. The van der Waals surface area contributed by atoms with Crippen molar-refractivity contribution in [2.24, 2.45) is 0 Å². The third kappa shape index (κ3) is 2.77. The summed E-state index contributed by atoms with van der Waals surface area (Å²) in [6, 6.07) is 14.3. The van der Waals surface area contributed by atoms with Gasteiger partial charge in [-0.25, -0.2) is 0 Å². The lowest BCUT2D eigenvalue weighted by Gasteiger charge is -2.04. The molecule has 16 heavy (non-hydrogen) atoms. The average molecular weight is 233 g/mol. The third-order valence-electron chi connectivity index (χ3n) is 2.32. The molecule has 0 saturated carbocycles. The molecule has 2 rings (SSSR count). The summed E-state index contributed by atoms with van der Waals surface area (Å²) in [5.74, 6) is 1.42. The van der Waals surface area contributed by atoms with Crippen molar-refractivity contribution >= 4 is 22.4 Å². The van der Waals surface area contributed by atoms with E-state index in [1.165, 1.54) is 10.8 Å². The Morgan fingerprint density at radius 1 is 1.00 bits per heavy atom. The smallest absolute Gasteiger partial charge is 0.120 e. The number of fused-ring (bicyclic) bond motifs is 1. The third-order valence-corrected chi connectivity index (χ3v) is 2.50. The highest BCUT2D eigenvalue weighted by atomic mass is 35.5. The molecule has 0 N–H and O–H groups in total.